The summed E-state index contributed by atoms with van der Waals surface area (Å²) >= 11 is 0. The molecule has 1 saturated heterocycles. The molecule has 0 bridgehead atoms. The number of aromatic nitrogens is 2. The number of hydrogen-bond donors (Lipinski definition) is 2. The highest BCUT2D eigenvalue weighted by Crippen LogP contribution is 2.37. The Morgan fingerprint density at radius 2 is 2.07 bits per heavy atom. The van der Waals surface area contributed by atoms with E-state index >= 15 is 0 Å². The number of methoxy groups -OCH3 is 1. The van der Waals surface area contributed by atoms with Crippen LogP contribution < -0.4 is 10.1 Å². The number of carbonyl (C=O) groups excluding carboxylic acids is 1. The number of halogens is 1. The lowest BCUT2D eigenvalue weighted by Gasteiger charge is -2.30. The first-order valence-electron chi connectivity index (χ1n) is 9.83. The van der Waals surface area contributed by atoms with Crippen LogP contribution in [0.25, 0.3) is 22.2 Å². The fraction of sp³-hybridized carbons (Fsp3) is 0.364. The largest absolute Gasteiger partial charge is 0.496 e. The minimum absolute atomic E-state index is 0.0520. The molecule has 2 aromatic heterocycles. The second-order valence-corrected chi connectivity index (χ2v) is 7.41. The van der Waals surface area contributed by atoms with Crippen LogP contribution in [0, 0.1) is 5.82 Å². The van der Waals surface area contributed by atoms with Crippen LogP contribution in [0.2, 0.25) is 0 Å². The number of rotatable bonds is 5. The van der Waals surface area contributed by atoms with Crippen molar-refractivity contribution in [3.05, 3.63) is 48.0 Å². The minimum Gasteiger partial charge on any atom is -0.496 e. The Morgan fingerprint density at radius 3 is 2.79 bits per heavy atom. The highest BCUT2D eigenvalue weighted by Gasteiger charge is 2.24. The molecule has 29 heavy (non-hydrogen) atoms. The van der Waals surface area contributed by atoms with Crippen molar-refractivity contribution in [3.8, 4) is 16.9 Å². The lowest BCUT2D eigenvalue weighted by molar-refractivity contribution is -0.122. The minimum atomic E-state index is -0.325. The fourth-order valence-corrected chi connectivity index (χ4v) is 4.07. The number of ether oxygens (including phenoxy) is 1. The van der Waals surface area contributed by atoms with E-state index in [9.17, 15) is 9.18 Å². The second kappa shape index (κ2) is 8.21. The summed E-state index contributed by atoms with van der Waals surface area (Å²) in [7, 11) is 3.21. The second-order valence-electron chi connectivity index (χ2n) is 7.41. The van der Waals surface area contributed by atoms with E-state index in [1.165, 1.54) is 12.1 Å². The Kier molecular flexibility index (Phi) is 5.49. The summed E-state index contributed by atoms with van der Waals surface area (Å²) in [5.41, 5.74) is 3.77. The van der Waals surface area contributed by atoms with Gasteiger partial charge in [-0.25, -0.2) is 9.37 Å². The van der Waals surface area contributed by atoms with Gasteiger partial charge in [-0.15, -0.1) is 0 Å². The van der Waals surface area contributed by atoms with E-state index in [0.29, 0.717) is 18.2 Å². The summed E-state index contributed by atoms with van der Waals surface area (Å²) in [4.78, 5) is 21.7. The first kappa shape index (κ1) is 19.4. The van der Waals surface area contributed by atoms with Gasteiger partial charge in [-0.05, 0) is 55.8 Å². The molecule has 152 valence electrons. The van der Waals surface area contributed by atoms with Crippen molar-refractivity contribution in [3.63, 3.8) is 0 Å². The third-order valence-electron chi connectivity index (χ3n) is 5.68. The van der Waals surface area contributed by atoms with Crippen molar-refractivity contribution in [2.24, 2.45) is 0 Å². The summed E-state index contributed by atoms with van der Waals surface area (Å²) in [6.07, 6.45) is 3.73. The number of likely N-dealkylation sites (tertiary alicyclic amines) is 1. The molecule has 0 radical (unpaired) electrons. The summed E-state index contributed by atoms with van der Waals surface area (Å²) < 4.78 is 19.0. The molecule has 0 spiro atoms. The summed E-state index contributed by atoms with van der Waals surface area (Å²) in [5.74, 6) is 0.626. The predicted molar refractivity (Wildman–Crippen MR) is 111 cm³/mol. The van der Waals surface area contributed by atoms with E-state index in [4.69, 9.17) is 4.74 Å². The number of H-pyrrole nitrogens is 1. The topological polar surface area (TPSA) is 70.2 Å². The number of likely N-dealkylation sites (N-methyl/N-ethyl adjacent to an activating group) is 1. The third-order valence-corrected chi connectivity index (χ3v) is 5.68. The molecule has 3 aromatic rings. The van der Waals surface area contributed by atoms with Crippen molar-refractivity contribution >= 4 is 16.9 Å². The van der Waals surface area contributed by atoms with E-state index in [1.54, 1.807) is 26.4 Å². The highest BCUT2D eigenvalue weighted by molar-refractivity contribution is 5.95. The molecule has 0 saturated carbocycles. The summed E-state index contributed by atoms with van der Waals surface area (Å²) in [5, 5.41) is 3.68. The SMILES string of the molecule is CNC(=O)CN1CCC(c2cc3c(-c4ccc(F)cc4OC)ccnc3[nH]2)CC1. The van der Waals surface area contributed by atoms with Gasteiger partial charge in [0.2, 0.25) is 5.91 Å². The van der Waals surface area contributed by atoms with Gasteiger partial charge in [-0.1, -0.05) is 0 Å². The van der Waals surface area contributed by atoms with Gasteiger partial charge in [0.1, 0.15) is 17.2 Å². The van der Waals surface area contributed by atoms with Gasteiger partial charge in [0.15, 0.2) is 0 Å². The zero-order valence-corrected chi connectivity index (χ0v) is 16.7. The standard InChI is InChI=1S/C22H25FN4O2/c1-24-21(28)13-27-9-6-14(7-10-27)19-12-18-16(5-8-25-22(18)26-19)17-4-3-15(23)11-20(17)29-2/h3-5,8,11-12,14H,6-7,9-10,13H2,1-2H3,(H,24,28)(H,25,26). The molecule has 1 aliphatic heterocycles. The van der Waals surface area contributed by atoms with Gasteiger partial charge in [-0.2, -0.15) is 0 Å². The quantitative estimate of drug-likeness (QED) is 0.694. The van der Waals surface area contributed by atoms with Gasteiger partial charge >= 0.3 is 0 Å². The van der Waals surface area contributed by atoms with Crippen LogP contribution in [0.1, 0.15) is 24.5 Å². The number of fused-ring (bicyclic) bond motifs is 1. The van der Waals surface area contributed by atoms with Crippen molar-refractivity contribution in [1.82, 2.24) is 20.2 Å². The fourth-order valence-electron chi connectivity index (χ4n) is 4.07. The number of piperidine rings is 1. The number of benzene rings is 1. The molecule has 7 heteroatoms. The van der Waals surface area contributed by atoms with E-state index in [1.807, 2.05) is 6.07 Å². The molecule has 0 unspecified atom stereocenters. The van der Waals surface area contributed by atoms with Crippen molar-refractivity contribution in [2.75, 3.05) is 33.8 Å². The van der Waals surface area contributed by atoms with Crippen LogP contribution in [-0.2, 0) is 4.79 Å². The average molecular weight is 396 g/mol. The lowest BCUT2D eigenvalue weighted by atomic mass is 9.93. The molecule has 2 N–H and O–H groups in total. The lowest BCUT2D eigenvalue weighted by Crippen LogP contribution is -2.40. The van der Waals surface area contributed by atoms with Crippen LogP contribution in [0.5, 0.6) is 5.75 Å². The maximum Gasteiger partial charge on any atom is 0.233 e. The van der Waals surface area contributed by atoms with Gasteiger partial charge in [0.05, 0.1) is 13.7 Å². The van der Waals surface area contributed by atoms with Gasteiger partial charge < -0.3 is 15.0 Å². The maximum atomic E-state index is 13.6. The van der Waals surface area contributed by atoms with Gasteiger partial charge in [-0.3, -0.25) is 9.69 Å². The number of nitrogens with zero attached hydrogens (tertiary/aromatic N) is 2. The molecular formula is C22H25FN4O2. The van der Waals surface area contributed by atoms with Crippen molar-refractivity contribution < 1.29 is 13.9 Å². The Balaban J connectivity index is 1.60. The number of pyridine rings is 1. The molecular weight excluding hydrogens is 371 g/mol. The van der Waals surface area contributed by atoms with Gasteiger partial charge in [0, 0.05) is 41.9 Å². The van der Waals surface area contributed by atoms with E-state index in [0.717, 1.165) is 53.8 Å². The highest BCUT2D eigenvalue weighted by atomic mass is 19.1. The number of carbonyl (C=O) groups is 1. The molecule has 1 aromatic carbocycles. The Morgan fingerprint density at radius 1 is 1.28 bits per heavy atom. The number of amides is 1. The van der Waals surface area contributed by atoms with Crippen LogP contribution in [-0.4, -0.2) is 54.6 Å². The van der Waals surface area contributed by atoms with Crippen LogP contribution in [0.15, 0.2) is 36.5 Å². The van der Waals surface area contributed by atoms with E-state index in [-0.39, 0.29) is 11.7 Å². The molecule has 0 aliphatic carbocycles. The molecule has 1 amide bonds. The van der Waals surface area contributed by atoms with Crippen molar-refractivity contribution in [1.29, 1.82) is 0 Å². The summed E-state index contributed by atoms with van der Waals surface area (Å²) in [6, 6.07) is 8.67. The molecule has 1 aliphatic rings. The Hall–Kier alpha value is -2.93. The van der Waals surface area contributed by atoms with Crippen LogP contribution in [0.3, 0.4) is 0 Å². The molecule has 1 fully saturated rings. The number of nitrogens with one attached hydrogen (secondary N) is 2. The molecule has 0 atom stereocenters. The predicted octanol–water partition coefficient (Wildman–Crippen LogP) is 3.30. The first-order valence-corrected chi connectivity index (χ1v) is 9.83. The number of hydrogen-bond acceptors (Lipinski definition) is 4. The van der Waals surface area contributed by atoms with E-state index in [2.05, 4.69) is 26.3 Å². The third kappa shape index (κ3) is 3.96. The monoisotopic (exact) mass is 396 g/mol. The van der Waals surface area contributed by atoms with Crippen molar-refractivity contribution in [2.45, 2.75) is 18.8 Å². The normalized spacial score (nSPS) is 15.6. The maximum absolute atomic E-state index is 13.6. The molecule has 4 rings (SSSR count). The smallest absolute Gasteiger partial charge is 0.233 e. The molecule has 3 heterocycles. The van der Waals surface area contributed by atoms with Crippen LogP contribution in [0.4, 0.5) is 4.39 Å². The number of aromatic amines is 1. The first-order chi connectivity index (χ1) is 14.1. The Labute approximate surface area is 169 Å². The van der Waals surface area contributed by atoms with E-state index < -0.39 is 0 Å². The molecule has 6 nitrogen and oxygen atoms in total. The Bertz CT molecular complexity index is 1020. The van der Waals surface area contributed by atoms with Gasteiger partial charge in [0.25, 0.3) is 0 Å². The summed E-state index contributed by atoms with van der Waals surface area (Å²) in [6.45, 7) is 2.23. The zero-order chi connectivity index (χ0) is 20.4. The zero-order valence-electron chi connectivity index (χ0n) is 16.7. The average Bonchev–Trinajstić information content (AvgIpc) is 3.18. The van der Waals surface area contributed by atoms with Crippen LogP contribution >= 0.6 is 0 Å².